The Morgan fingerprint density at radius 2 is 2.56 bits per heavy atom. The smallest absolute Gasteiger partial charge is 0.0676 e. The van der Waals surface area contributed by atoms with Crippen molar-refractivity contribution in [3.8, 4) is 0 Å². The highest BCUT2D eigenvalue weighted by Crippen LogP contribution is 2.20. The van der Waals surface area contributed by atoms with Crippen molar-refractivity contribution in [1.29, 1.82) is 0 Å². The lowest BCUT2D eigenvalue weighted by molar-refractivity contribution is 0.925. The second-order valence-electron chi connectivity index (χ2n) is 2.23. The standard InChI is InChI=1S/C7H13NS/c1-2-5-8-7-4-3-6-9-7/h2-6H2,1H3. The molecule has 0 atom stereocenters. The summed E-state index contributed by atoms with van der Waals surface area (Å²) in [5, 5.41) is 1.39. The van der Waals surface area contributed by atoms with Gasteiger partial charge in [0.15, 0.2) is 0 Å². The Morgan fingerprint density at radius 1 is 1.67 bits per heavy atom. The van der Waals surface area contributed by atoms with E-state index in [1.165, 1.54) is 30.1 Å². The van der Waals surface area contributed by atoms with Crippen LogP contribution in [-0.4, -0.2) is 17.3 Å². The first-order valence-corrected chi connectivity index (χ1v) is 4.58. The predicted octanol–water partition coefficient (Wildman–Crippen LogP) is 2.32. The van der Waals surface area contributed by atoms with Crippen LogP contribution in [0.5, 0.6) is 0 Å². The molecule has 0 N–H and O–H groups in total. The van der Waals surface area contributed by atoms with Crippen molar-refractivity contribution >= 4 is 16.8 Å². The van der Waals surface area contributed by atoms with Crippen LogP contribution in [0, 0.1) is 0 Å². The Bertz CT molecular complexity index is 101. The van der Waals surface area contributed by atoms with Crippen LogP contribution in [0.4, 0.5) is 0 Å². The Hall–Kier alpha value is 0.0200. The first kappa shape index (κ1) is 7.13. The minimum absolute atomic E-state index is 1.03. The van der Waals surface area contributed by atoms with Crippen LogP contribution in [0.3, 0.4) is 0 Å². The Labute approximate surface area is 60.9 Å². The summed E-state index contributed by atoms with van der Waals surface area (Å²) in [7, 11) is 0. The van der Waals surface area contributed by atoms with E-state index in [0.717, 1.165) is 6.54 Å². The molecule has 1 nitrogen and oxygen atoms in total. The first-order valence-electron chi connectivity index (χ1n) is 3.59. The van der Waals surface area contributed by atoms with Gasteiger partial charge in [0.05, 0.1) is 5.04 Å². The third kappa shape index (κ3) is 2.39. The number of thioether (sulfide) groups is 1. The lowest BCUT2D eigenvalue weighted by atomic mass is 10.4. The Balaban J connectivity index is 2.22. The zero-order chi connectivity index (χ0) is 6.53. The summed E-state index contributed by atoms with van der Waals surface area (Å²) in [5.41, 5.74) is 0. The second kappa shape index (κ2) is 3.94. The third-order valence-electron chi connectivity index (χ3n) is 1.32. The largest absolute Gasteiger partial charge is 0.283 e. The average Bonchev–Trinajstić information content (AvgIpc) is 2.34. The van der Waals surface area contributed by atoms with Crippen molar-refractivity contribution in [3.05, 3.63) is 0 Å². The molecule has 0 aromatic rings. The number of hydrogen-bond acceptors (Lipinski definition) is 2. The minimum Gasteiger partial charge on any atom is -0.283 e. The maximum atomic E-state index is 4.42. The van der Waals surface area contributed by atoms with Crippen molar-refractivity contribution < 1.29 is 0 Å². The lowest BCUT2D eigenvalue weighted by Gasteiger charge is -1.90. The van der Waals surface area contributed by atoms with Crippen LogP contribution < -0.4 is 0 Å². The topological polar surface area (TPSA) is 12.4 Å². The van der Waals surface area contributed by atoms with Crippen LogP contribution >= 0.6 is 11.8 Å². The molecule has 0 unspecified atom stereocenters. The van der Waals surface area contributed by atoms with Crippen molar-refractivity contribution in [2.45, 2.75) is 26.2 Å². The summed E-state index contributed by atoms with van der Waals surface area (Å²) in [5.74, 6) is 1.29. The number of hydrogen-bond donors (Lipinski definition) is 0. The number of aliphatic imine (C=N–C) groups is 1. The summed E-state index contributed by atoms with van der Waals surface area (Å²) in [6.45, 7) is 3.20. The maximum absolute atomic E-state index is 4.42. The number of nitrogens with zero attached hydrogens (tertiary/aromatic N) is 1. The molecule has 1 aliphatic heterocycles. The van der Waals surface area contributed by atoms with Gasteiger partial charge in [-0.25, -0.2) is 0 Å². The molecule has 0 saturated carbocycles. The van der Waals surface area contributed by atoms with E-state index in [4.69, 9.17) is 0 Å². The first-order chi connectivity index (χ1) is 4.43. The van der Waals surface area contributed by atoms with E-state index in [2.05, 4.69) is 11.9 Å². The molecule has 0 aromatic heterocycles. The van der Waals surface area contributed by atoms with Crippen molar-refractivity contribution in [3.63, 3.8) is 0 Å². The molecule has 0 amide bonds. The van der Waals surface area contributed by atoms with Gasteiger partial charge in [-0.2, -0.15) is 0 Å². The Kier molecular flexibility index (Phi) is 3.12. The quantitative estimate of drug-likeness (QED) is 0.578. The van der Waals surface area contributed by atoms with Crippen molar-refractivity contribution in [1.82, 2.24) is 0 Å². The van der Waals surface area contributed by atoms with Gasteiger partial charge in [0, 0.05) is 6.54 Å². The van der Waals surface area contributed by atoms with Gasteiger partial charge in [-0.05, 0) is 25.0 Å². The minimum atomic E-state index is 1.03. The van der Waals surface area contributed by atoms with Gasteiger partial charge >= 0.3 is 0 Å². The summed E-state index contributed by atoms with van der Waals surface area (Å²) >= 11 is 1.93. The number of rotatable bonds is 2. The van der Waals surface area contributed by atoms with E-state index < -0.39 is 0 Å². The van der Waals surface area contributed by atoms with Gasteiger partial charge in [-0.3, -0.25) is 4.99 Å². The van der Waals surface area contributed by atoms with E-state index in [-0.39, 0.29) is 0 Å². The van der Waals surface area contributed by atoms with Crippen molar-refractivity contribution in [2.24, 2.45) is 4.99 Å². The molecule has 52 valence electrons. The summed E-state index contributed by atoms with van der Waals surface area (Å²) in [6, 6.07) is 0. The lowest BCUT2D eigenvalue weighted by Crippen LogP contribution is -1.85. The zero-order valence-electron chi connectivity index (χ0n) is 5.89. The van der Waals surface area contributed by atoms with Gasteiger partial charge < -0.3 is 0 Å². The van der Waals surface area contributed by atoms with Gasteiger partial charge in [-0.1, -0.05) is 6.92 Å². The normalized spacial score (nSPS) is 23.4. The molecule has 1 heterocycles. The molecule has 0 aliphatic carbocycles. The second-order valence-corrected chi connectivity index (χ2v) is 3.40. The van der Waals surface area contributed by atoms with E-state index in [0.29, 0.717) is 0 Å². The molecule has 2 heteroatoms. The van der Waals surface area contributed by atoms with Crippen LogP contribution in [0.25, 0.3) is 0 Å². The van der Waals surface area contributed by atoms with Gasteiger partial charge in [0.25, 0.3) is 0 Å². The molecule has 0 radical (unpaired) electrons. The maximum Gasteiger partial charge on any atom is 0.0676 e. The highest BCUT2D eigenvalue weighted by molar-refractivity contribution is 8.14. The van der Waals surface area contributed by atoms with Crippen molar-refractivity contribution in [2.75, 3.05) is 12.3 Å². The monoisotopic (exact) mass is 143 g/mol. The molecule has 0 bridgehead atoms. The van der Waals surface area contributed by atoms with Gasteiger partial charge in [0.1, 0.15) is 0 Å². The third-order valence-corrected chi connectivity index (χ3v) is 2.47. The molecule has 0 spiro atoms. The predicted molar refractivity (Wildman–Crippen MR) is 44.3 cm³/mol. The van der Waals surface area contributed by atoms with Crippen LogP contribution in [0.1, 0.15) is 26.2 Å². The molecular formula is C7H13NS. The van der Waals surface area contributed by atoms with Crippen LogP contribution in [0.15, 0.2) is 4.99 Å². The highest BCUT2D eigenvalue weighted by Gasteiger charge is 2.06. The molecule has 1 rings (SSSR count). The van der Waals surface area contributed by atoms with Crippen LogP contribution in [-0.2, 0) is 0 Å². The zero-order valence-corrected chi connectivity index (χ0v) is 6.71. The van der Waals surface area contributed by atoms with E-state index in [1.807, 2.05) is 11.8 Å². The van der Waals surface area contributed by atoms with Gasteiger partial charge in [0.2, 0.25) is 0 Å². The fraction of sp³-hybridized carbons (Fsp3) is 0.857. The summed E-state index contributed by atoms with van der Waals surface area (Å²) < 4.78 is 0. The van der Waals surface area contributed by atoms with E-state index in [1.54, 1.807) is 0 Å². The fourth-order valence-corrected chi connectivity index (χ4v) is 1.84. The fourth-order valence-electron chi connectivity index (χ4n) is 0.847. The molecule has 9 heavy (non-hydrogen) atoms. The summed E-state index contributed by atoms with van der Waals surface area (Å²) in [6.07, 6.45) is 3.77. The molecule has 1 saturated heterocycles. The van der Waals surface area contributed by atoms with Crippen LogP contribution in [0.2, 0.25) is 0 Å². The highest BCUT2D eigenvalue weighted by atomic mass is 32.2. The SMILES string of the molecule is CCCN=C1CCCS1. The molecule has 1 fully saturated rings. The van der Waals surface area contributed by atoms with E-state index >= 15 is 0 Å². The molecular weight excluding hydrogens is 130 g/mol. The molecule has 1 aliphatic rings. The van der Waals surface area contributed by atoms with Gasteiger partial charge in [-0.15, -0.1) is 11.8 Å². The summed E-state index contributed by atoms with van der Waals surface area (Å²) in [4.78, 5) is 4.42. The van der Waals surface area contributed by atoms with E-state index in [9.17, 15) is 0 Å². The Morgan fingerprint density at radius 3 is 3.11 bits per heavy atom. The molecule has 0 aromatic carbocycles. The average molecular weight is 143 g/mol.